The molecule has 3 aliphatic heterocycles. The van der Waals surface area contributed by atoms with E-state index < -0.39 is 29.5 Å². The van der Waals surface area contributed by atoms with Gasteiger partial charge in [-0.2, -0.15) is 0 Å². The van der Waals surface area contributed by atoms with E-state index in [0.717, 1.165) is 11.3 Å². The van der Waals surface area contributed by atoms with Crippen molar-refractivity contribution < 1.29 is 19.4 Å². The summed E-state index contributed by atoms with van der Waals surface area (Å²) in [5.41, 5.74) is 1.02. The highest BCUT2D eigenvalue weighted by Crippen LogP contribution is 2.52. The molecule has 2 bridgehead atoms. The number of hydrogen-bond acceptors (Lipinski definition) is 4. The topological polar surface area (TPSA) is 69.7 Å². The molecule has 5 nitrogen and oxygen atoms in total. The van der Waals surface area contributed by atoms with Gasteiger partial charge in [-0.3, -0.25) is 4.79 Å². The molecule has 0 saturated carbocycles. The molecule has 0 N–H and O–H groups in total. The summed E-state index contributed by atoms with van der Waals surface area (Å²) in [6.07, 6.45) is 3.04. The maximum atomic E-state index is 12.7. The van der Waals surface area contributed by atoms with Gasteiger partial charge in [-0.25, -0.2) is 0 Å². The number of carbonyl (C=O) groups excluding carboxylic acids is 2. The zero-order valence-corrected chi connectivity index (χ0v) is 11.5. The Morgan fingerprint density at radius 3 is 3.00 bits per heavy atom. The Morgan fingerprint density at radius 2 is 2.29 bits per heavy atom. The van der Waals surface area contributed by atoms with Crippen LogP contribution < -0.4 is 10.0 Å². The first-order valence-electron chi connectivity index (χ1n) is 6.98. The van der Waals surface area contributed by atoms with Crippen molar-refractivity contribution in [3.8, 4) is 0 Å². The van der Waals surface area contributed by atoms with Crippen molar-refractivity contribution in [2.24, 2.45) is 11.8 Å². The third-order valence-electron chi connectivity index (χ3n) is 4.69. The molecule has 0 aromatic heterocycles. The molecular weight excluding hydrogens is 270 g/mol. The van der Waals surface area contributed by atoms with Gasteiger partial charge in [0.25, 0.3) is 0 Å². The van der Waals surface area contributed by atoms with E-state index >= 15 is 0 Å². The van der Waals surface area contributed by atoms with Crippen molar-refractivity contribution in [2.45, 2.75) is 18.6 Å². The molecule has 0 radical (unpaired) electrons. The van der Waals surface area contributed by atoms with E-state index in [2.05, 4.69) is 0 Å². The molecule has 0 aliphatic carbocycles. The predicted molar refractivity (Wildman–Crippen MR) is 72.3 cm³/mol. The zero-order valence-electron chi connectivity index (χ0n) is 11.5. The smallest absolute Gasteiger partial charge is 0.234 e. The fourth-order valence-electron chi connectivity index (χ4n) is 3.78. The summed E-state index contributed by atoms with van der Waals surface area (Å²) in [4.78, 5) is 25.7. The van der Waals surface area contributed by atoms with Crippen molar-refractivity contribution in [3.63, 3.8) is 0 Å². The standard InChI is InChI=1S/C16H15NO4/c1-9-3-2-4-10(7-9)17-8-16-6-5-11(21-16)12(15(19)20)13(16)14(17)18/h2-7,11-13H,8H2,1H3,(H,19,20)/p-1/t11-,12-,13+,16-/m1/s1. The molecule has 1 aromatic carbocycles. The van der Waals surface area contributed by atoms with Crippen molar-refractivity contribution in [2.75, 3.05) is 11.4 Å². The van der Waals surface area contributed by atoms with Gasteiger partial charge in [-0.05, 0) is 24.6 Å². The van der Waals surface area contributed by atoms with Gasteiger partial charge >= 0.3 is 0 Å². The Morgan fingerprint density at radius 1 is 1.48 bits per heavy atom. The molecule has 5 heteroatoms. The van der Waals surface area contributed by atoms with Gasteiger partial charge in [0.05, 0.1) is 18.6 Å². The third kappa shape index (κ3) is 1.55. The molecular formula is C16H14NO4-. The SMILES string of the molecule is Cc1cccc(N2C[C@@]34C=C[C@@H](O3)[C@@H](C(=O)[O-])[C@H]4C2=O)c1. The van der Waals surface area contributed by atoms with Crippen LogP contribution in [0.15, 0.2) is 36.4 Å². The molecule has 4 rings (SSSR count). The van der Waals surface area contributed by atoms with Crippen LogP contribution in [0.5, 0.6) is 0 Å². The summed E-state index contributed by atoms with van der Waals surface area (Å²) in [6.45, 7) is 2.31. The molecule has 3 aliphatic rings. The van der Waals surface area contributed by atoms with E-state index in [0.29, 0.717) is 6.54 Å². The summed E-state index contributed by atoms with van der Waals surface area (Å²) in [5.74, 6) is -2.98. The van der Waals surface area contributed by atoms with Crippen LogP contribution in [0.3, 0.4) is 0 Å². The number of aryl methyl sites for hydroxylation is 1. The Bertz CT molecular complexity index is 683. The lowest BCUT2D eigenvalue weighted by Crippen LogP contribution is -2.45. The molecule has 4 atom stereocenters. The van der Waals surface area contributed by atoms with Crippen LogP contribution in [0.1, 0.15) is 5.56 Å². The van der Waals surface area contributed by atoms with Gasteiger partial charge in [-0.15, -0.1) is 0 Å². The molecule has 108 valence electrons. The Balaban J connectivity index is 1.75. The van der Waals surface area contributed by atoms with Crippen LogP contribution in [-0.2, 0) is 14.3 Å². The number of fused-ring (bicyclic) bond motifs is 1. The van der Waals surface area contributed by atoms with E-state index in [4.69, 9.17) is 4.74 Å². The first-order chi connectivity index (χ1) is 10.0. The Kier molecular flexibility index (Phi) is 2.37. The van der Waals surface area contributed by atoms with Crippen LogP contribution in [0.2, 0.25) is 0 Å². The first kappa shape index (κ1) is 12.6. The minimum Gasteiger partial charge on any atom is -0.550 e. The highest BCUT2D eigenvalue weighted by Gasteiger charge is 2.65. The average molecular weight is 284 g/mol. The highest BCUT2D eigenvalue weighted by molar-refractivity contribution is 6.02. The third-order valence-corrected chi connectivity index (χ3v) is 4.69. The quantitative estimate of drug-likeness (QED) is 0.719. The first-order valence-corrected chi connectivity index (χ1v) is 6.98. The zero-order chi connectivity index (χ0) is 14.8. The maximum absolute atomic E-state index is 12.7. The summed E-state index contributed by atoms with van der Waals surface area (Å²) in [7, 11) is 0. The number of anilines is 1. The van der Waals surface area contributed by atoms with Crippen molar-refractivity contribution in [1.29, 1.82) is 0 Å². The average Bonchev–Trinajstić information content (AvgIpc) is 3.07. The number of hydrogen-bond donors (Lipinski definition) is 0. The number of carboxylic acids is 1. The summed E-state index contributed by atoms with van der Waals surface area (Å²) in [6, 6.07) is 7.61. The second kappa shape index (κ2) is 3.95. The second-order valence-electron chi connectivity index (χ2n) is 5.98. The number of amides is 1. The van der Waals surface area contributed by atoms with Gasteiger partial charge < -0.3 is 19.5 Å². The van der Waals surface area contributed by atoms with Gasteiger partial charge in [0.2, 0.25) is 5.91 Å². The highest BCUT2D eigenvalue weighted by atomic mass is 16.5. The maximum Gasteiger partial charge on any atom is 0.234 e. The van der Waals surface area contributed by atoms with E-state index in [1.807, 2.05) is 37.3 Å². The number of benzene rings is 1. The van der Waals surface area contributed by atoms with Crippen molar-refractivity contribution >= 4 is 17.6 Å². The fourth-order valence-corrected chi connectivity index (χ4v) is 3.78. The number of nitrogens with zero attached hydrogens (tertiary/aromatic N) is 1. The molecule has 1 amide bonds. The number of rotatable bonds is 2. The second-order valence-corrected chi connectivity index (χ2v) is 5.98. The van der Waals surface area contributed by atoms with Crippen molar-refractivity contribution in [1.82, 2.24) is 0 Å². The Labute approximate surface area is 121 Å². The van der Waals surface area contributed by atoms with E-state index in [9.17, 15) is 14.7 Å². The lowest BCUT2D eigenvalue weighted by molar-refractivity contribution is -0.313. The molecule has 21 heavy (non-hydrogen) atoms. The van der Waals surface area contributed by atoms with Crippen molar-refractivity contribution in [3.05, 3.63) is 42.0 Å². The molecule has 2 fully saturated rings. The van der Waals surface area contributed by atoms with Crippen LogP contribution in [0, 0.1) is 18.8 Å². The van der Waals surface area contributed by atoms with E-state index in [-0.39, 0.29) is 5.91 Å². The summed E-state index contributed by atoms with van der Waals surface area (Å²) >= 11 is 0. The van der Waals surface area contributed by atoms with E-state index in [1.54, 1.807) is 11.0 Å². The van der Waals surface area contributed by atoms with Gasteiger partial charge in [0, 0.05) is 17.6 Å². The number of aliphatic carboxylic acids is 1. The van der Waals surface area contributed by atoms with Gasteiger partial charge in [0.1, 0.15) is 5.60 Å². The number of ether oxygens (including phenoxy) is 1. The predicted octanol–water partition coefficient (Wildman–Crippen LogP) is 0.0313. The number of carbonyl (C=O) groups is 2. The normalized spacial score (nSPS) is 36.3. The summed E-state index contributed by atoms with van der Waals surface area (Å²) in [5, 5.41) is 11.4. The largest absolute Gasteiger partial charge is 0.550 e. The Hall–Kier alpha value is -2.14. The molecule has 2 saturated heterocycles. The van der Waals surface area contributed by atoms with Crippen LogP contribution in [0.4, 0.5) is 5.69 Å². The fraction of sp³-hybridized carbons (Fsp3) is 0.375. The monoisotopic (exact) mass is 284 g/mol. The van der Waals surface area contributed by atoms with Gasteiger partial charge in [0.15, 0.2) is 0 Å². The minimum atomic E-state index is -1.21. The molecule has 0 unspecified atom stereocenters. The molecule has 1 spiro atoms. The van der Waals surface area contributed by atoms with Crippen LogP contribution in [0.25, 0.3) is 0 Å². The van der Waals surface area contributed by atoms with Crippen LogP contribution in [-0.4, -0.2) is 30.1 Å². The lowest BCUT2D eigenvalue weighted by Gasteiger charge is -2.24. The van der Waals surface area contributed by atoms with E-state index in [1.165, 1.54) is 0 Å². The lowest BCUT2D eigenvalue weighted by atomic mass is 9.77. The minimum absolute atomic E-state index is 0.193. The summed E-state index contributed by atoms with van der Waals surface area (Å²) < 4.78 is 5.82. The number of carboxylic acid groups (broad SMARTS) is 1. The molecule has 3 heterocycles. The van der Waals surface area contributed by atoms with Crippen LogP contribution >= 0.6 is 0 Å². The molecule has 1 aromatic rings. The van der Waals surface area contributed by atoms with Gasteiger partial charge in [-0.1, -0.05) is 24.3 Å².